The number of ether oxygens (including phenoxy) is 2. The number of aryl methyl sites for hydroxylation is 1. The molecule has 2 heterocycles. The van der Waals surface area contributed by atoms with Crippen molar-refractivity contribution >= 4 is 27.3 Å². The molecule has 1 aromatic carbocycles. The summed E-state index contributed by atoms with van der Waals surface area (Å²) in [6.07, 6.45) is 3.27. The molecule has 1 unspecified atom stereocenters. The van der Waals surface area contributed by atoms with Gasteiger partial charge in [-0.25, -0.2) is 4.98 Å². The summed E-state index contributed by atoms with van der Waals surface area (Å²) >= 11 is 5.26. The van der Waals surface area contributed by atoms with Crippen LogP contribution >= 0.6 is 27.3 Å². The van der Waals surface area contributed by atoms with E-state index in [0.29, 0.717) is 0 Å². The predicted octanol–water partition coefficient (Wildman–Crippen LogP) is 3.64. The molecular formula is C14H13BrN2O2S. The molecule has 0 radical (unpaired) electrons. The van der Waals surface area contributed by atoms with Crippen molar-refractivity contribution in [3.63, 3.8) is 0 Å². The van der Waals surface area contributed by atoms with Crippen LogP contribution in [0.3, 0.4) is 0 Å². The molecule has 0 saturated carbocycles. The number of thiazole rings is 1. The Hall–Kier alpha value is -1.11. The van der Waals surface area contributed by atoms with Gasteiger partial charge in [-0.1, -0.05) is 0 Å². The van der Waals surface area contributed by atoms with Crippen molar-refractivity contribution in [3.8, 4) is 22.1 Å². The first kappa shape index (κ1) is 12.6. The van der Waals surface area contributed by atoms with Crippen LogP contribution in [0.25, 0.3) is 10.6 Å². The van der Waals surface area contributed by atoms with E-state index in [1.54, 1.807) is 11.3 Å². The van der Waals surface area contributed by atoms with Gasteiger partial charge in [-0.15, -0.1) is 11.3 Å². The molecule has 6 heteroatoms. The van der Waals surface area contributed by atoms with Crippen molar-refractivity contribution in [2.75, 3.05) is 6.79 Å². The largest absolute Gasteiger partial charge is 0.454 e. The zero-order valence-corrected chi connectivity index (χ0v) is 13.1. The lowest BCUT2D eigenvalue weighted by atomic mass is 9.99. The van der Waals surface area contributed by atoms with E-state index in [1.165, 1.54) is 4.88 Å². The second kappa shape index (κ2) is 4.72. The Kier molecular flexibility index (Phi) is 2.98. The molecule has 0 spiro atoms. The molecule has 2 aliphatic rings. The Bertz CT molecular complexity index is 686. The number of aromatic nitrogens is 1. The molecule has 20 heavy (non-hydrogen) atoms. The Labute approximate surface area is 129 Å². The number of nitrogens with two attached hydrogens (primary N) is 1. The molecule has 1 atom stereocenters. The standard InChI is InChI=1S/C14H13BrN2O2S/c15-8-4-7(5-10-13(8)19-6-18-10)14-17-12-9(16)2-1-3-11(12)20-14/h4-5,9H,1-3,6,16H2. The molecule has 0 amide bonds. The van der Waals surface area contributed by atoms with Crippen molar-refractivity contribution in [2.24, 2.45) is 5.73 Å². The van der Waals surface area contributed by atoms with Gasteiger partial charge in [-0.2, -0.15) is 0 Å². The van der Waals surface area contributed by atoms with E-state index in [2.05, 4.69) is 15.9 Å². The summed E-state index contributed by atoms with van der Waals surface area (Å²) in [5, 5.41) is 1.01. The first-order chi connectivity index (χ1) is 9.72. The molecule has 104 valence electrons. The highest BCUT2D eigenvalue weighted by molar-refractivity contribution is 9.10. The number of hydrogen-bond acceptors (Lipinski definition) is 5. The first-order valence-corrected chi connectivity index (χ1v) is 8.18. The van der Waals surface area contributed by atoms with Gasteiger partial charge in [-0.05, 0) is 47.3 Å². The summed E-state index contributed by atoms with van der Waals surface area (Å²) in [5.74, 6) is 1.54. The lowest BCUT2D eigenvalue weighted by Gasteiger charge is -2.15. The van der Waals surface area contributed by atoms with Crippen molar-refractivity contribution in [1.29, 1.82) is 0 Å². The normalized spacial score (nSPS) is 20.0. The van der Waals surface area contributed by atoms with Gasteiger partial charge in [0.05, 0.1) is 10.2 Å². The quantitative estimate of drug-likeness (QED) is 0.851. The number of halogens is 1. The molecule has 1 aromatic heterocycles. The van der Waals surface area contributed by atoms with Gasteiger partial charge in [0.25, 0.3) is 0 Å². The third-order valence-corrected chi connectivity index (χ3v) is 5.44. The lowest BCUT2D eigenvalue weighted by molar-refractivity contribution is 0.173. The van der Waals surface area contributed by atoms with Gasteiger partial charge in [0.15, 0.2) is 11.5 Å². The van der Waals surface area contributed by atoms with Gasteiger partial charge < -0.3 is 15.2 Å². The number of nitrogens with zero attached hydrogens (tertiary/aromatic N) is 1. The molecule has 2 N–H and O–H groups in total. The van der Waals surface area contributed by atoms with Crippen LogP contribution < -0.4 is 15.2 Å². The number of hydrogen-bond donors (Lipinski definition) is 1. The lowest BCUT2D eigenvalue weighted by Crippen LogP contribution is -2.16. The summed E-state index contributed by atoms with van der Waals surface area (Å²) in [6, 6.07) is 4.10. The van der Waals surface area contributed by atoms with Crippen LogP contribution in [0.15, 0.2) is 16.6 Å². The molecule has 0 fully saturated rings. The van der Waals surface area contributed by atoms with E-state index in [-0.39, 0.29) is 12.8 Å². The average molecular weight is 353 g/mol. The number of fused-ring (bicyclic) bond motifs is 2. The minimum atomic E-state index is 0.0844. The SMILES string of the molecule is NC1CCCc2sc(-c3cc(Br)c4c(c3)OCO4)nc21. The maximum Gasteiger partial charge on any atom is 0.231 e. The Balaban J connectivity index is 1.80. The number of rotatable bonds is 1. The molecule has 4 nitrogen and oxygen atoms in total. The van der Waals surface area contributed by atoms with Crippen molar-refractivity contribution in [3.05, 3.63) is 27.2 Å². The Morgan fingerprint density at radius 2 is 2.25 bits per heavy atom. The van der Waals surface area contributed by atoms with Crippen LogP contribution in [0.4, 0.5) is 0 Å². The third-order valence-electron chi connectivity index (χ3n) is 3.67. The topological polar surface area (TPSA) is 57.4 Å². The van der Waals surface area contributed by atoms with Gasteiger partial charge in [0.2, 0.25) is 6.79 Å². The summed E-state index contributed by atoms with van der Waals surface area (Å²) in [7, 11) is 0. The molecule has 1 aliphatic carbocycles. The van der Waals surface area contributed by atoms with E-state index in [9.17, 15) is 0 Å². The molecule has 0 bridgehead atoms. The van der Waals surface area contributed by atoms with Crippen LogP contribution in [-0.2, 0) is 6.42 Å². The van der Waals surface area contributed by atoms with Crippen LogP contribution in [0.5, 0.6) is 11.5 Å². The monoisotopic (exact) mass is 352 g/mol. The second-order valence-electron chi connectivity index (χ2n) is 5.02. The zero-order chi connectivity index (χ0) is 13.7. The van der Waals surface area contributed by atoms with E-state index in [0.717, 1.165) is 51.5 Å². The summed E-state index contributed by atoms with van der Waals surface area (Å²) in [5.41, 5.74) is 8.27. The van der Waals surface area contributed by atoms with E-state index >= 15 is 0 Å². The van der Waals surface area contributed by atoms with Crippen molar-refractivity contribution in [1.82, 2.24) is 4.98 Å². The van der Waals surface area contributed by atoms with E-state index < -0.39 is 0 Å². The summed E-state index contributed by atoms with van der Waals surface area (Å²) < 4.78 is 11.8. The van der Waals surface area contributed by atoms with Crippen molar-refractivity contribution in [2.45, 2.75) is 25.3 Å². The highest BCUT2D eigenvalue weighted by Gasteiger charge is 2.24. The second-order valence-corrected chi connectivity index (χ2v) is 6.96. The van der Waals surface area contributed by atoms with Crippen LogP contribution in [0.2, 0.25) is 0 Å². The van der Waals surface area contributed by atoms with Crippen molar-refractivity contribution < 1.29 is 9.47 Å². The fraction of sp³-hybridized carbons (Fsp3) is 0.357. The number of benzene rings is 1. The zero-order valence-electron chi connectivity index (χ0n) is 10.7. The third kappa shape index (κ3) is 1.94. The smallest absolute Gasteiger partial charge is 0.231 e. The van der Waals surface area contributed by atoms with Crippen LogP contribution in [0.1, 0.15) is 29.5 Å². The molecular weight excluding hydrogens is 340 g/mol. The van der Waals surface area contributed by atoms with Gasteiger partial charge in [-0.3, -0.25) is 0 Å². The first-order valence-electron chi connectivity index (χ1n) is 6.57. The molecule has 4 rings (SSSR count). The summed E-state index contributed by atoms with van der Waals surface area (Å²) in [6.45, 7) is 0.274. The molecule has 0 saturated heterocycles. The Morgan fingerprint density at radius 3 is 3.10 bits per heavy atom. The minimum absolute atomic E-state index is 0.0844. The highest BCUT2D eigenvalue weighted by atomic mass is 79.9. The maximum absolute atomic E-state index is 6.15. The van der Waals surface area contributed by atoms with Crippen LogP contribution in [0, 0.1) is 0 Å². The average Bonchev–Trinajstić information content (AvgIpc) is 3.04. The molecule has 1 aliphatic heterocycles. The van der Waals surface area contributed by atoms with Gasteiger partial charge in [0, 0.05) is 16.5 Å². The predicted molar refractivity (Wildman–Crippen MR) is 81.2 cm³/mol. The fourth-order valence-electron chi connectivity index (χ4n) is 2.67. The fourth-order valence-corrected chi connectivity index (χ4v) is 4.38. The van der Waals surface area contributed by atoms with E-state index in [1.807, 2.05) is 12.1 Å². The molecule has 2 aromatic rings. The van der Waals surface area contributed by atoms with Gasteiger partial charge >= 0.3 is 0 Å². The van der Waals surface area contributed by atoms with E-state index in [4.69, 9.17) is 20.2 Å². The highest BCUT2D eigenvalue weighted by Crippen LogP contribution is 2.44. The van der Waals surface area contributed by atoms with Crippen LogP contribution in [-0.4, -0.2) is 11.8 Å². The summed E-state index contributed by atoms with van der Waals surface area (Å²) in [4.78, 5) is 6.07. The van der Waals surface area contributed by atoms with Gasteiger partial charge in [0.1, 0.15) is 5.01 Å². The maximum atomic E-state index is 6.15. The minimum Gasteiger partial charge on any atom is -0.454 e. The Morgan fingerprint density at radius 1 is 1.35 bits per heavy atom.